The van der Waals surface area contributed by atoms with Crippen LogP contribution in [0.25, 0.3) is 0 Å². The summed E-state index contributed by atoms with van der Waals surface area (Å²) in [5.41, 5.74) is 0. The minimum absolute atomic E-state index is 0.104. The Balaban J connectivity index is 1.82. The predicted molar refractivity (Wildman–Crippen MR) is 59.1 cm³/mol. The second-order valence-corrected chi connectivity index (χ2v) is 3.95. The van der Waals surface area contributed by atoms with E-state index in [2.05, 4.69) is 15.3 Å². The first-order valence-electron chi connectivity index (χ1n) is 5.30. The SMILES string of the molecule is O=C(CN1C[C@@H](O)[C@@H](O)C1)Nc1ncccn1. The minimum atomic E-state index is -0.782. The number of nitrogens with one attached hydrogen (secondary N) is 1. The average Bonchev–Trinajstić information content (AvgIpc) is 2.59. The minimum Gasteiger partial charge on any atom is -0.389 e. The molecule has 0 saturated carbocycles. The zero-order chi connectivity index (χ0) is 12.3. The summed E-state index contributed by atoms with van der Waals surface area (Å²) in [5, 5.41) is 21.2. The topological polar surface area (TPSA) is 98.6 Å². The van der Waals surface area contributed by atoms with E-state index in [4.69, 9.17) is 0 Å². The van der Waals surface area contributed by atoms with Gasteiger partial charge in [-0.05, 0) is 6.07 Å². The number of β-amino-alcohol motifs (C(OH)–C–C–N with tert-alkyl or cyclic N) is 2. The lowest BCUT2D eigenvalue weighted by molar-refractivity contribution is -0.117. The van der Waals surface area contributed by atoms with Crippen LogP contribution in [0, 0.1) is 0 Å². The number of aliphatic hydroxyl groups is 2. The molecule has 2 atom stereocenters. The van der Waals surface area contributed by atoms with Crippen LogP contribution in [0.2, 0.25) is 0 Å². The summed E-state index contributed by atoms with van der Waals surface area (Å²) in [6.07, 6.45) is 1.50. The fraction of sp³-hybridized carbons (Fsp3) is 0.500. The summed E-state index contributed by atoms with van der Waals surface area (Å²) in [7, 11) is 0. The van der Waals surface area contributed by atoms with E-state index in [0.717, 1.165) is 0 Å². The fourth-order valence-corrected chi connectivity index (χ4v) is 1.71. The summed E-state index contributed by atoms with van der Waals surface area (Å²) in [6, 6.07) is 1.66. The zero-order valence-electron chi connectivity index (χ0n) is 9.15. The number of amides is 1. The molecule has 7 nitrogen and oxygen atoms in total. The molecular weight excluding hydrogens is 224 g/mol. The average molecular weight is 238 g/mol. The van der Waals surface area contributed by atoms with Gasteiger partial charge in [-0.3, -0.25) is 15.0 Å². The number of carbonyl (C=O) groups is 1. The van der Waals surface area contributed by atoms with Crippen LogP contribution in [0.5, 0.6) is 0 Å². The highest BCUT2D eigenvalue weighted by Gasteiger charge is 2.30. The highest BCUT2D eigenvalue weighted by Crippen LogP contribution is 2.09. The van der Waals surface area contributed by atoms with Crippen molar-refractivity contribution in [3.05, 3.63) is 18.5 Å². The molecule has 1 amide bonds. The van der Waals surface area contributed by atoms with Gasteiger partial charge in [-0.2, -0.15) is 0 Å². The van der Waals surface area contributed by atoms with Crippen molar-refractivity contribution >= 4 is 11.9 Å². The maximum Gasteiger partial charge on any atom is 0.240 e. The van der Waals surface area contributed by atoms with Crippen molar-refractivity contribution in [1.82, 2.24) is 14.9 Å². The molecule has 0 radical (unpaired) electrons. The number of aromatic nitrogens is 2. The van der Waals surface area contributed by atoms with E-state index in [1.807, 2.05) is 0 Å². The van der Waals surface area contributed by atoms with Crippen molar-refractivity contribution in [3.8, 4) is 0 Å². The molecule has 2 rings (SSSR count). The van der Waals surface area contributed by atoms with Gasteiger partial charge in [0, 0.05) is 25.5 Å². The molecule has 1 aromatic heterocycles. The summed E-state index contributed by atoms with van der Waals surface area (Å²) < 4.78 is 0. The Hall–Kier alpha value is -1.57. The number of nitrogens with zero attached hydrogens (tertiary/aromatic N) is 3. The molecule has 1 saturated heterocycles. The number of hydrogen-bond donors (Lipinski definition) is 3. The maximum absolute atomic E-state index is 11.6. The molecule has 0 aliphatic carbocycles. The van der Waals surface area contributed by atoms with Crippen LogP contribution < -0.4 is 5.32 Å². The van der Waals surface area contributed by atoms with Crippen LogP contribution in [-0.4, -0.2) is 62.8 Å². The Morgan fingerprint density at radius 1 is 1.35 bits per heavy atom. The van der Waals surface area contributed by atoms with Gasteiger partial charge >= 0.3 is 0 Å². The third kappa shape index (κ3) is 3.19. The van der Waals surface area contributed by atoms with Crippen LogP contribution >= 0.6 is 0 Å². The third-order valence-electron chi connectivity index (χ3n) is 2.52. The first kappa shape index (κ1) is 11.9. The zero-order valence-corrected chi connectivity index (χ0v) is 9.15. The molecule has 1 fully saturated rings. The summed E-state index contributed by atoms with van der Waals surface area (Å²) in [5.74, 6) is -0.0182. The third-order valence-corrected chi connectivity index (χ3v) is 2.52. The number of rotatable bonds is 3. The van der Waals surface area contributed by atoms with Crippen molar-refractivity contribution in [1.29, 1.82) is 0 Å². The molecular formula is C10H14N4O3. The largest absolute Gasteiger partial charge is 0.389 e. The number of aliphatic hydroxyl groups excluding tert-OH is 2. The lowest BCUT2D eigenvalue weighted by Gasteiger charge is -2.13. The molecule has 3 N–H and O–H groups in total. The molecule has 0 bridgehead atoms. The van der Waals surface area contributed by atoms with Gasteiger partial charge in [0.05, 0.1) is 18.8 Å². The van der Waals surface area contributed by atoms with Gasteiger partial charge in [-0.15, -0.1) is 0 Å². The normalized spacial score (nSPS) is 24.8. The van der Waals surface area contributed by atoms with Gasteiger partial charge < -0.3 is 10.2 Å². The molecule has 17 heavy (non-hydrogen) atoms. The van der Waals surface area contributed by atoms with E-state index in [-0.39, 0.29) is 18.4 Å². The van der Waals surface area contributed by atoms with Crippen LogP contribution in [0.4, 0.5) is 5.95 Å². The molecule has 0 aromatic carbocycles. The molecule has 92 valence electrons. The summed E-state index contributed by atoms with van der Waals surface area (Å²) >= 11 is 0. The number of likely N-dealkylation sites (tertiary alicyclic amines) is 1. The van der Waals surface area contributed by atoms with Crippen molar-refractivity contribution < 1.29 is 15.0 Å². The predicted octanol–water partition coefficient (Wildman–Crippen LogP) is -1.55. The summed E-state index contributed by atoms with van der Waals surface area (Å²) in [4.78, 5) is 21.0. The molecule has 1 aliphatic rings. The maximum atomic E-state index is 11.6. The quantitative estimate of drug-likeness (QED) is 0.590. The Morgan fingerprint density at radius 2 is 1.94 bits per heavy atom. The van der Waals surface area contributed by atoms with Crippen molar-refractivity contribution in [2.24, 2.45) is 0 Å². The van der Waals surface area contributed by atoms with Crippen LogP contribution in [0.15, 0.2) is 18.5 Å². The Morgan fingerprint density at radius 3 is 2.53 bits per heavy atom. The smallest absolute Gasteiger partial charge is 0.240 e. The van der Waals surface area contributed by atoms with Crippen molar-refractivity contribution in [3.63, 3.8) is 0 Å². The number of carbonyl (C=O) groups excluding carboxylic acids is 1. The van der Waals surface area contributed by atoms with Gasteiger partial charge in [0.1, 0.15) is 0 Å². The van der Waals surface area contributed by atoms with Crippen LogP contribution in [-0.2, 0) is 4.79 Å². The van der Waals surface area contributed by atoms with Gasteiger partial charge in [0.15, 0.2) is 0 Å². The van der Waals surface area contributed by atoms with E-state index in [0.29, 0.717) is 13.1 Å². The molecule has 1 aromatic rings. The van der Waals surface area contributed by atoms with E-state index in [1.54, 1.807) is 11.0 Å². The van der Waals surface area contributed by atoms with Gasteiger partial charge in [0.25, 0.3) is 0 Å². The van der Waals surface area contributed by atoms with Gasteiger partial charge in [-0.25, -0.2) is 9.97 Å². The lowest BCUT2D eigenvalue weighted by atomic mass is 10.3. The van der Waals surface area contributed by atoms with Gasteiger partial charge in [-0.1, -0.05) is 0 Å². The van der Waals surface area contributed by atoms with Crippen molar-refractivity contribution in [2.45, 2.75) is 12.2 Å². The van der Waals surface area contributed by atoms with Gasteiger partial charge in [0.2, 0.25) is 11.9 Å². The second kappa shape index (κ2) is 5.17. The van der Waals surface area contributed by atoms with E-state index in [9.17, 15) is 15.0 Å². The standard InChI is InChI=1S/C10H14N4O3/c15-7-4-14(5-8(7)16)6-9(17)13-10-11-2-1-3-12-10/h1-3,7-8,15-16H,4-6H2,(H,11,12,13,17)/t7-,8+. The molecule has 0 unspecified atom stereocenters. The van der Waals surface area contributed by atoms with Crippen LogP contribution in [0.3, 0.4) is 0 Å². The molecule has 2 heterocycles. The Kier molecular flexibility index (Phi) is 3.62. The fourth-order valence-electron chi connectivity index (χ4n) is 1.71. The molecule has 7 heteroatoms. The van der Waals surface area contributed by atoms with E-state index < -0.39 is 12.2 Å². The molecule has 1 aliphatic heterocycles. The monoisotopic (exact) mass is 238 g/mol. The number of hydrogen-bond acceptors (Lipinski definition) is 6. The number of anilines is 1. The lowest BCUT2D eigenvalue weighted by Crippen LogP contribution is -2.32. The van der Waals surface area contributed by atoms with E-state index >= 15 is 0 Å². The second-order valence-electron chi connectivity index (χ2n) is 3.95. The van der Waals surface area contributed by atoms with Crippen molar-refractivity contribution in [2.75, 3.05) is 25.0 Å². The highest BCUT2D eigenvalue weighted by atomic mass is 16.3. The Bertz CT molecular complexity index is 376. The highest BCUT2D eigenvalue weighted by molar-refractivity contribution is 5.90. The first-order chi connectivity index (χ1) is 8.15. The van der Waals surface area contributed by atoms with Crippen LogP contribution in [0.1, 0.15) is 0 Å². The first-order valence-corrected chi connectivity index (χ1v) is 5.30. The Labute approximate surface area is 98.1 Å². The summed E-state index contributed by atoms with van der Waals surface area (Å²) in [6.45, 7) is 0.695. The van der Waals surface area contributed by atoms with E-state index in [1.165, 1.54) is 12.4 Å². The molecule has 0 spiro atoms.